The van der Waals surface area contributed by atoms with E-state index in [-0.39, 0.29) is 12.3 Å². The summed E-state index contributed by atoms with van der Waals surface area (Å²) in [5.74, 6) is 1.05. The number of rotatable bonds is 8. The molecular formula is C28H30N3O4S-. The van der Waals surface area contributed by atoms with E-state index >= 15 is 0 Å². The molecule has 1 aromatic heterocycles. The second kappa shape index (κ2) is 11.1. The van der Waals surface area contributed by atoms with Crippen LogP contribution in [0.3, 0.4) is 0 Å². The molecule has 0 fully saturated rings. The molecule has 2 N–H and O–H groups in total. The van der Waals surface area contributed by atoms with Crippen molar-refractivity contribution in [3.8, 4) is 22.9 Å². The summed E-state index contributed by atoms with van der Waals surface area (Å²) in [4.78, 5) is 13.0. The number of carbonyl (C=O) groups excluding carboxylic acids is 1. The van der Waals surface area contributed by atoms with Gasteiger partial charge in [-0.3, -0.25) is 14.1 Å². The van der Waals surface area contributed by atoms with Crippen LogP contribution in [-0.2, 0) is 17.5 Å². The summed E-state index contributed by atoms with van der Waals surface area (Å²) in [5, 5.41) is 9.82. The van der Waals surface area contributed by atoms with Gasteiger partial charge in [0, 0.05) is 39.6 Å². The predicted octanol–water partition coefficient (Wildman–Crippen LogP) is 5.68. The van der Waals surface area contributed by atoms with E-state index in [2.05, 4.69) is 48.4 Å². The van der Waals surface area contributed by atoms with Crippen LogP contribution in [0.4, 0.5) is 0 Å². The highest BCUT2D eigenvalue weighted by Gasteiger charge is 2.21. The van der Waals surface area contributed by atoms with E-state index in [0.717, 1.165) is 23.2 Å². The van der Waals surface area contributed by atoms with Crippen molar-refractivity contribution in [2.45, 2.75) is 51.7 Å². The molecule has 2 atom stereocenters. The fourth-order valence-electron chi connectivity index (χ4n) is 4.37. The number of hydrogen-bond acceptors (Lipinski definition) is 5. The molecule has 0 aliphatic heterocycles. The number of amides is 1. The van der Waals surface area contributed by atoms with Crippen molar-refractivity contribution in [2.75, 3.05) is 0 Å². The Morgan fingerprint density at radius 2 is 2.03 bits per heavy atom. The Kier molecular flexibility index (Phi) is 7.86. The van der Waals surface area contributed by atoms with Crippen LogP contribution in [-0.4, -0.2) is 30.1 Å². The first-order chi connectivity index (χ1) is 17.3. The molecule has 4 rings (SSSR count). The van der Waals surface area contributed by atoms with Crippen molar-refractivity contribution in [1.29, 1.82) is 0 Å². The van der Waals surface area contributed by atoms with Gasteiger partial charge in [0.25, 0.3) is 5.91 Å². The molecule has 3 aromatic rings. The Labute approximate surface area is 214 Å². The number of aromatic nitrogens is 2. The summed E-state index contributed by atoms with van der Waals surface area (Å²) in [6.07, 6.45) is 5.90. The third-order valence-electron chi connectivity index (χ3n) is 6.34. The van der Waals surface area contributed by atoms with Gasteiger partial charge in [-0.1, -0.05) is 63.3 Å². The van der Waals surface area contributed by atoms with E-state index in [0.29, 0.717) is 34.4 Å². The normalized spacial score (nSPS) is 16.1. The molecule has 0 saturated carbocycles. The maximum absolute atomic E-state index is 13.0. The number of nitrogens with zero attached hydrogens (tertiary/aromatic N) is 1. The van der Waals surface area contributed by atoms with Gasteiger partial charge in [-0.2, -0.15) is 0 Å². The molecule has 8 heteroatoms. The van der Waals surface area contributed by atoms with Gasteiger partial charge in [0.05, 0.1) is 5.69 Å². The first-order valence-electron chi connectivity index (χ1n) is 12.0. The van der Waals surface area contributed by atoms with Gasteiger partial charge in [-0.05, 0) is 54.1 Å². The molecule has 2 aromatic carbocycles. The van der Waals surface area contributed by atoms with Crippen LogP contribution in [0.25, 0.3) is 11.3 Å². The zero-order valence-electron chi connectivity index (χ0n) is 20.8. The molecule has 1 aliphatic rings. The molecule has 0 spiro atoms. The third kappa shape index (κ3) is 5.34. The van der Waals surface area contributed by atoms with Gasteiger partial charge in [0.15, 0.2) is 0 Å². The minimum atomic E-state index is -2.24. The van der Waals surface area contributed by atoms with Gasteiger partial charge in [-0.25, -0.2) is 0 Å². The smallest absolute Gasteiger partial charge is 0.255 e. The van der Waals surface area contributed by atoms with Gasteiger partial charge in [0.1, 0.15) is 5.75 Å². The monoisotopic (exact) mass is 504 g/mol. The largest absolute Gasteiger partial charge is 0.772 e. The highest BCUT2D eigenvalue weighted by atomic mass is 32.2. The van der Waals surface area contributed by atoms with Crippen molar-refractivity contribution in [3.63, 3.8) is 0 Å². The fourth-order valence-corrected chi connectivity index (χ4v) is 4.91. The zero-order chi connectivity index (χ0) is 25.8. The predicted molar refractivity (Wildman–Crippen MR) is 141 cm³/mol. The highest BCUT2D eigenvalue weighted by molar-refractivity contribution is 7.80. The summed E-state index contributed by atoms with van der Waals surface area (Å²) >= 11 is -2.24. The Balaban J connectivity index is 1.59. The molecule has 36 heavy (non-hydrogen) atoms. The first-order valence-corrected chi connectivity index (χ1v) is 13.1. The Morgan fingerprint density at radius 1 is 1.25 bits per heavy atom. The number of H-pyrrole nitrogens is 1. The molecule has 1 aliphatic carbocycles. The zero-order valence-corrected chi connectivity index (χ0v) is 21.6. The van der Waals surface area contributed by atoms with E-state index in [1.807, 2.05) is 19.1 Å². The molecular weight excluding hydrogens is 474 g/mol. The molecule has 2 unspecified atom stereocenters. The maximum Gasteiger partial charge on any atom is 0.255 e. The lowest BCUT2D eigenvalue weighted by Crippen LogP contribution is -2.28. The SMILES string of the molecule is CCc1c(Oc2cccc(C(=O)NC3=CC=CC(S(=O)[O-])C3)c2C)n[nH]c1-c1ccccc1C(C)C. The lowest BCUT2D eigenvalue weighted by molar-refractivity contribution is 0.0963. The number of nitrogens with one attached hydrogen (secondary N) is 2. The Bertz CT molecular complexity index is 1360. The summed E-state index contributed by atoms with van der Waals surface area (Å²) < 4.78 is 28.8. The van der Waals surface area contributed by atoms with Crippen LogP contribution < -0.4 is 10.1 Å². The fraction of sp³-hybridized carbons (Fsp3) is 0.286. The minimum absolute atomic E-state index is 0.224. The van der Waals surface area contributed by atoms with Crippen LogP contribution in [0.2, 0.25) is 0 Å². The summed E-state index contributed by atoms with van der Waals surface area (Å²) in [6, 6.07) is 13.6. The van der Waals surface area contributed by atoms with Gasteiger partial charge >= 0.3 is 0 Å². The van der Waals surface area contributed by atoms with Crippen LogP contribution in [0.15, 0.2) is 66.4 Å². The summed E-state index contributed by atoms with van der Waals surface area (Å²) in [5.41, 5.74) is 5.90. The van der Waals surface area contributed by atoms with Crippen molar-refractivity contribution in [2.24, 2.45) is 0 Å². The minimum Gasteiger partial charge on any atom is -0.772 e. The lowest BCUT2D eigenvalue weighted by Gasteiger charge is -2.21. The first kappa shape index (κ1) is 25.6. The topological polar surface area (TPSA) is 107 Å². The van der Waals surface area contributed by atoms with Crippen LogP contribution >= 0.6 is 0 Å². The second-order valence-corrected chi connectivity index (χ2v) is 10.2. The van der Waals surface area contributed by atoms with E-state index in [4.69, 9.17) is 4.74 Å². The maximum atomic E-state index is 13.0. The highest BCUT2D eigenvalue weighted by Crippen LogP contribution is 2.36. The number of carbonyl (C=O) groups is 1. The van der Waals surface area contributed by atoms with Crippen LogP contribution in [0, 0.1) is 6.92 Å². The van der Waals surface area contributed by atoms with Gasteiger partial charge in [-0.15, -0.1) is 5.10 Å². The lowest BCUT2D eigenvalue weighted by atomic mass is 9.93. The van der Waals surface area contributed by atoms with E-state index in [1.54, 1.807) is 36.4 Å². The number of ether oxygens (including phenoxy) is 1. The average molecular weight is 505 g/mol. The van der Waals surface area contributed by atoms with Crippen molar-refractivity contribution < 1.29 is 18.3 Å². The number of aromatic amines is 1. The summed E-state index contributed by atoms with van der Waals surface area (Å²) in [6.45, 7) is 8.21. The number of benzene rings is 2. The number of hydrogen-bond donors (Lipinski definition) is 2. The quantitative estimate of drug-likeness (QED) is 0.384. The van der Waals surface area contributed by atoms with Crippen LogP contribution in [0.1, 0.15) is 60.2 Å². The van der Waals surface area contributed by atoms with Gasteiger partial charge < -0.3 is 14.6 Å². The van der Waals surface area contributed by atoms with E-state index < -0.39 is 16.3 Å². The van der Waals surface area contributed by atoms with Crippen molar-refractivity contribution >= 4 is 17.0 Å². The molecule has 1 amide bonds. The van der Waals surface area contributed by atoms with Gasteiger partial charge in [0.2, 0.25) is 5.88 Å². The molecule has 0 radical (unpaired) electrons. The third-order valence-corrected chi connectivity index (χ3v) is 7.15. The average Bonchev–Trinajstić information content (AvgIpc) is 3.27. The molecule has 0 saturated heterocycles. The van der Waals surface area contributed by atoms with Crippen LogP contribution in [0.5, 0.6) is 11.6 Å². The second-order valence-electron chi connectivity index (χ2n) is 9.04. The Hall–Kier alpha value is -3.49. The Morgan fingerprint density at radius 3 is 2.75 bits per heavy atom. The standard InChI is InChI=1S/C28H31N3O4S/c1-5-21-26(24-13-7-6-12-22(24)17(2)3)30-31-28(21)35-25-15-9-14-23(18(25)4)27(32)29-19-10-8-11-20(16-19)36(33)34/h6-15,17,20H,5,16H2,1-4H3,(H,29,32)(H,30,31)(H,33,34)/p-1. The molecule has 188 valence electrons. The summed E-state index contributed by atoms with van der Waals surface area (Å²) in [7, 11) is 0. The number of allylic oxidation sites excluding steroid dienone is 3. The van der Waals surface area contributed by atoms with E-state index in [1.165, 1.54) is 5.56 Å². The molecule has 7 nitrogen and oxygen atoms in total. The molecule has 1 heterocycles. The van der Waals surface area contributed by atoms with E-state index in [9.17, 15) is 13.6 Å². The van der Waals surface area contributed by atoms with Crippen molar-refractivity contribution in [3.05, 3.63) is 88.6 Å². The molecule has 0 bridgehead atoms. The van der Waals surface area contributed by atoms with Crippen molar-refractivity contribution in [1.82, 2.24) is 15.5 Å².